The third-order valence-corrected chi connectivity index (χ3v) is 4.32. The molecule has 1 amide bonds. The van der Waals surface area contributed by atoms with Gasteiger partial charge in [0.1, 0.15) is 11.5 Å². The van der Waals surface area contributed by atoms with Crippen LogP contribution in [0.5, 0.6) is 0 Å². The van der Waals surface area contributed by atoms with Crippen LogP contribution >= 0.6 is 0 Å². The molecule has 7 heteroatoms. The first kappa shape index (κ1) is 20.4. The monoisotopic (exact) mass is 374 g/mol. The zero-order valence-electron chi connectivity index (χ0n) is 15.9. The Balaban J connectivity index is 2.02. The van der Waals surface area contributed by atoms with Gasteiger partial charge in [0.25, 0.3) is 5.91 Å². The lowest BCUT2D eigenvalue weighted by molar-refractivity contribution is -0.135. The fraction of sp³-hybridized carbons (Fsp3) is 0.350. The Kier molecular flexibility index (Phi) is 6.50. The molecule has 6 nitrogen and oxygen atoms in total. The normalized spacial score (nSPS) is 10.6. The number of nitrogens with zero attached hydrogens (tertiary/aromatic N) is 1. The van der Waals surface area contributed by atoms with E-state index in [4.69, 9.17) is 4.74 Å². The number of ether oxygens (including phenoxy) is 1. The summed E-state index contributed by atoms with van der Waals surface area (Å²) in [7, 11) is 0. The molecule has 2 rings (SSSR count). The lowest BCUT2D eigenvalue weighted by Gasteiger charge is -2.20. The molecule has 1 aromatic heterocycles. The minimum Gasteiger partial charge on any atom is -0.451 e. The molecule has 0 aliphatic carbocycles. The number of Topliss-reactive ketones (excluding diaryl/α,β-unsaturated/α-hetero) is 1. The molecule has 2 aromatic rings. The molecule has 0 bridgehead atoms. The average molecular weight is 374 g/mol. The highest BCUT2D eigenvalue weighted by Crippen LogP contribution is 2.19. The van der Waals surface area contributed by atoms with Crippen molar-refractivity contribution in [1.29, 1.82) is 0 Å². The van der Waals surface area contributed by atoms with Gasteiger partial charge in [0, 0.05) is 24.3 Å². The van der Waals surface area contributed by atoms with Gasteiger partial charge >= 0.3 is 5.97 Å². The van der Waals surface area contributed by atoms with Crippen LogP contribution in [-0.2, 0) is 16.1 Å². The molecule has 27 heavy (non-hydrogen) atoms. The zero-order chi connectivity index (χ0) is 20.1. The predicted molar refractivity (Wildman–Crippen MR) is 98.0 cm³/mol. The van der Waals surface area contributed by atoms with Crippen molar-refractivity contribution in [3.63, 3.8) is 0 Å². The van der Waals surface area contributed by atoms with E-state index in [0.717, 1.165) is 0 Å². The number of likely N-dealkylation sites (N-methyl/N-ethyl adjacent to an activating group) is 1. The molecule has 0 fully saturated rings. The number of ketones is 1. The van der Waals surface area contributed by atoms with Crippen LogP contribution in [0.4, 0.5) is 4.39 Å². The molecule has 144 valence electrons. The van der Waals surface area contributed by atoms with Gasteiger partial charge in [0.2, 0.25) is 0 Å². The highest BCUT2D eigenvalue weighted by atomic mass is 19.1. The lowest BCUT2D eigenvalue weighted by atomic mass is 10.1. The summed E-state index contributed by atoms with van der Waals surface area (Å²) in [6, 6.07) is 5.99. The molecule has 0 aliphatic heterocycles. The van der Waals surface area contributed by atoms with Gasteiger partial charge in [0.15, 0.2) is 12.4 Å². The van der Waals surface area contributed by atoms with Gasteiger partial charge in [-0.3, -0.25) is 9.59 Å². The van der Waals surface area contributed by atoms with Gasteiger partial charge in [0.05, 0.1) is 0 Å². The van der Waals surface area contributed by atoms with Crippen molar-refractivity contribution in [2.24, 2.45) is 0 Å². The molecule has 0 unspecified atom stereocenters. The number of hydrogen-bond donors (Lipinski definition) is 1. The van der Waals surface area contributed by atoms with E-state index >= 15 is 0 Å². The van der Waals surface area contributed by atoms with E-state index in [1.807, 2.05) is 0 Å². The van der Waals surface area contributed by atoms with Crippen molar-refractivity contribution < 1.29 is 23.5 Å². The molecule has 0 spiro atoms. The van der Waals surface area contributed by atoms with Crippen LogP contribution in [-0.4, -0.2) is 40.7 Å². The van der Waals surface area contributed by atoms with Gasteiger partial charge in [-0.05, 0) is 51.0 Å². The number of carbonyl (C=O) groups is 3. The third kappa shape index (κ3) is 4.81. The number of H-pyrrole nitrogens is 1. The number of carbonyl (C=O) groups excluding carboxylic acids is 3. The van der Waals surface area contributed by atoms with Crippen LogP contribution in [0.15, 0.2) is 24.3 Å². The van der Waals surface area contributed by atoms with E-state index in [1.54, 1.807) is 32.9 Å². The van der Waals surface area contributed by atoms with Crippen LogP contribution in [0.3, 0.4) is 0 Å². The summed E-state index contributed by atoms with van der Waals surface area (Å²) in [6.45, 7) is 6.74. The Labute approximate surface area is 157 Å². The van der Waals surface area contributed by atoms with Crippen molar-refractivity contribution in [2.75, 3.05) is 13.2 Å². The summed E-state index contributed by atoms with van der Waals surface area (Å²) in [5.74, 6) is -1.61. The fourth-order valence-electron chi connectivity index (χ4n) is 3.00. The molecule has 0 saturated heterocycles. The average Bonchev–Trinajstić information content (AvgIpc) is 2.91. The Bertz CT molecular complexity index is 873. The molecule has 0 aliphatic rings. The molecule has 0 atom stereocenters. The maximum absolute atomic E-state index is 13.3. The molecule has 1 heterocycles. The number of benzene rings is 1. The second-order valence-electron chi connectivity index (χ2n) is 6.30. The van der Waals surface area contributed by atoms with Crippen LogP contribution in [0.1, 0.15) is 51.5 Å². The smallest absolute Gasteiger partial charge is 0.355 e. The van der Waals surface area contributed by atoms with Gasteiger partial charge < -0.3 is 14.6 Å². The minimum atomic E-state index is -0.696. The molecule has 0 saturated carbocycles. The van der Waals surface area contributed by atoms with Crippen molar-refractivity contribution in [3.8, 4) is 0 Å². The molecule has 0 radical (unpaired) electrons. The number of nitrogens with one attached hydrogen (secondary N) is 1. The minimum absolute atomic E-state index is 0.149. The largest absolute Gasteiger partial charge is 0.451 e. The topological polar surface area (TPSA) is 79.5 Å². The van der Waals surface area contributed by atoms with E-state index in [9.17, 15) is 18.8 Å². The first-order chi connectivity index (χ1) is 12.7. The number of rotatable bonds is 7. The molecular formula is C20H23FN2O4. The highest BCUT2D eigenvalue weighted by molar-refractivity contribution is 6.01. The van der Waals surface area contributed by atoms with Gasteiger partial charge in [-0.1, -0.05) is 12.1 Å². The Hall–Kier alpha value is -2.96. The highest BCUT2D eigenvalue weighted by Gasteiger charge is 2.22. The summed E-state index contributed by atoms with van der Waals surface area (Å²) < 4.78 is 18.4. The number of aryl methyl sites for hydroxylation is 1. The predicted octanol–water partition coefficient (Wildman–Crippen LogP) is 3.18. The molecular weight excluding hydrogens is 351 g/mol. The fourth-order valence-corrected chi connectivity index (χ4v) is 3.00. The maximum Gasteiger partial charge on any atom is 0.355 e. The quantitative estimate of drug-likeness (QED) is 0.596. The number of esters is 1. The van der Waals surface area contributed by atoms with E-state index in [1.165, 1.54) is 24.0 Å². The molecule has 1 N–H and O–H groups in total. The lowest BCUT2D eigenvalue weighted by Crippen LogP contribution is -2.34. The number of aromatic nitrogens is 1. The Morgan fingerprint density at radius 1 is 1.22 bits per heavy atom. The van der Waals surface area contributed by atoms with Crippen LogP contribution in [0.2, 0.25) is 0 Å². The van der Waals surface area contributed by atoms with Crippen molar-refractivity contribution >= 4 is 17.7 Å². The first-order valence-electron chi connectivity index (χ1n) is 8.64. The standard InChI is InChI=1S/C20H23FN2O4/c1-5-23(10-15-7-6-8-16(21)9-15)17(25)11-27-20(26)19-12(2)18(14(4)24)13(3)22-19/h6-9,22H,5,10-11H2,1-4H3. The summed E-state index contributed by atoms with van der Waals surface area (Å²) in [6.07, 6.45) is 0. The van der Waals surface area contributed by atoms with Gasteiger partial charge in [-0.15, -0.1) is 0 Å². The number of halogens is 1. The summed E-state index contributed by atoms with van der Waals surface area (Å²) >= 11 is 0. The van der Waals surface area contributed by atoms with Gasteiger partial charge in [-0.2, -0.15) is 0 Å². The van der Waals surface area contributed by atoms with E-state index in [2.05, 4.69) is 4.98 Å². The number of aromatic amines is 1. The zero-order valence-corrected chi connectivity index (χ0v) is 15.9. The maximum atomic E-state index is 13.3. The van der Waals surface area contributed by atoms with E-state index in [0.29, 0.717) is 28.9 Å². The van der Waals surface area contributed by atoms with E-state index in [-0.39, 0.29) is 29.7 Å². The third-order valence-electron chi connectivity index (χ3n) is 4.32. The van der Waals surface area contributed by atoms with Crippen LogP contribution in [0, 0.1) is 19.7 Å². The summed E-state index contributed by atoms with van der Waals surface area (Å²) in [5.41, 5.74) is 2.36. The molecule has 1 aromatic carbocycles. The van der Waals surface area contributed by atoms with E-state index < -0.39 is 12.6 Å². The van der Waals surface area contributed by atoms with Crippen molar-refractivity contribution in [1.82, 2.24) is 9.88 Å². The second kappa shape index (κ2) is 8.62. The van der Waals surface area contributed by atoms with Crippen LogP contribution < -0.4 is 0 Å². The Morgan fingerprint density at radius 3 is 2.48 bits per heavy atom. The summed E-state index contributed by atoms with van der Waals surface area (Å²) in [5, 5.41) is 0. The number of hydrogen-bond acceptors (Lipinski definition) is 4. The summed E-state index contributed by atoms with van der Waals surface area (Å²) in [4.78, 5) is 40.6. The number of amides is 1. The van der Waals surface area contributed by atoms with Crippen LogP contribution in [0.25, 0.3) is 0 Å². The van der Waals surface area contributed by atoms with Crippen molar-refractivity contribution in [2.45, 2.75) is 34.2 Å². The first-order valence-corrected chi connectivity index (χ1v) is 8.64. The van der Waals surface area contributed by atoms with Gasteiger partial charge in [-0.25, -0.2) is 9.18 Å². The second-order valence-corrected chi connectivity index (χ2v) is 6.30. The SMILES string of the molecule is CCN(Cc1cccc(F)c1)C(=O)COC(=O)c1[nH]c(C)c(C(C)=O)c1C. The Morgan fingerprint density at radius 2 is 1.93 bits per heavy atom. The van der Waals surface area contributed by atoms with Crippen molar-refractivity contribution in [3.05, 3.63) is 58.2 Å².